The average molecular weight is 920 g/mol. The Morgan fingerprint density at radius 2 is 0.556 bits per heavy atom. The predicted molar refractivity (Wildman–Crippen MR) is 234 cm³/mol. The molecule has 0 atom stereocenters. The number of nitrogens with one attached hydrogen (secondary N) is 1. The third-order valence-corrected chi connectivity index (χ3v) is 14.0. The summed E-state index contributed by atoms with van der Waals surface area (Å²) in [5.41, 5.74) is 6.64. The van der Waals surface area contributed by atoms with Crippen LogP contribution in [0.5, 0.6) is 0 Å². The number of aromatic amines is 1. The zero-order valence-corrected chi connectivity index (χ0v) is 35.2. The van der Waals surface area contributed by atoms with Crippen LogP contribution in [0.25, 0.3) is 79.8 Å². The van der Waals surface area contributed by atoms with Gasteiger partial charge < -0.3 is 4.98 Å². The molecule has 9 rings (SSSR count). The highest BCUT2D eigenvalue weighted by molar-refractivity contribution is 7.86. The van der Waals surface area contributed by atoms with E-state index in [4.69, 9.17) is 9.97 Å². The maximum atomic E-state index is 12.1. The molecule has 6 bridgehead atoms. The van der Waals surface area contributed by atoms with Crippen molar-refractivity contribution in [3.05, 3.63) is 155 Å². The van der Waals surface area contributed by atoms with E-state index in [0.29, 0.717) is 88.8 Å². The van der Waals surface area contributed by atoms with Crippen molar-refractivity contribution in [2.75, 3.05) is 0 Å². The minimum absolute atomic E-state index is 0.339. The zero-order chi connectivity index (χ0) is 44.6. The Morgan fingerprint density at radius 1 is 0.317 bits per heavy atom. The van der Waals surface area contributed by atoms with E-state index in [1.165, 1.54) is 97.1 Å². The van der Waals surface area contributed by atoms with Gasteiger partial charge in [-0.3, -0.25) is 18.2 Å². The van der Waals surface area contributed by atoms with Crippen molar-refractivity contribution in [3.63, 3.8) is 0 Å². The molecule has 0 radical (unpaired) electrons. The molecule has 63 heavy (non-hydrogen) atoms. The van der Waals surface area contributed by atoms with Crippen LogP contribution in [0.4, 0.5) is 0 Å². The van der Waals surface area contributed by atoms with Crippen molar-refractivity contribution >= 4 is 75.8 Å². The Bertz CT molecular complexity index is 3550. The monoisotopic (exact) mass is 919 g/mol. The van der Waals surface area contributed by atoms with Crippen LogP contribution in [0, 0.1) is 10.4 Å². The van der Waals surface area contributed by atoms with Gasteiger partial charge in [0.25, 0.3) is 40.5 Å². The van der Waals surface area contributed by atoms with Crippen molar-refractivity contribution in [1.29, 1.82) is 0 Å². The van der Waals surface area contributed by atoms with E-state index in [0.717, 1.165) is 0 Å². The molecule has 15 nitrogen and oxygen atoms in total. The Morgan fingerprint density at radius 3 is 0.794 bits per heavy atom. The number of fused-ring (bicyclic) bond motifs is 6. The number of aromatic nitrogens is 3. The minimum atomic E-state index is -4.56. The van der Waals surface area contributed by atoms with E-state index in [-0.39, 0.29) is 19.6 Å². The first kappa shape index (κ1) is 41.7. The molecule has 3 aliphatic heterocycles. The highest BCUT2D eigenvalue weighted by atomic mass is 32.2. The molecule has 0 fully saturated rings. The molecule has 5 aromatic rings. The summed E-state index contributed by atoms with van der Waals surface area (Å²) in [5, 5.41) is 1.22. The summed E-state index contributed by atoms with van der Waals surface area (Å²) in [4.78, 5) is 12.2. The van der Waals surface area contributed by atoms with Crippen molar-refractivity contribution in [1.82, 2.24) is 15.0 Å². The lowest BCUT2D eigenvalue weighted by molar-refractivity contribution is 0.481. The van der Waals surface area contributed by atoms with E-state index in [1.54, 1.807) is 36.4 Å². The molecule has 1 aliphatic carbocycles. The molecule has 1 aromatic heterocycles. The summed E-state index contributed by atoms with van der Waals surface area (Å²) in [6.07, 6.45) is 6.97. The summed E-state index contributed by atoms with van der Waals surface area (Å²) < 4.78 is 135. The molecule has 0 unspecified atom stereocenters. The molecule has 19 heteroatoms. The lowest BCUT2D eigenvalue weighted by Gasteiger charge is -2.12. The first-order valence-corrected chi connectivity index (χ1v) is 24.2. The number of hydrogen-bond donors (Lipinski definition) is 5. The van der Waals surface area contributed by atoms with Crippen molar-refractivity contribution in [3.8, 4) is 44.5 Å². The van der Waals surface area contributed by atoms with E-state index >= 15 is 0 Å². The predicted octanol–water partition coefficient (Wildman–Crippen LogP) is 7.99. The van der Waals surface area contributed by atoms with Gasteiger partial charge in [-0.15, -0.1) is 0 Å². The van der Waals surface area contributed by atoms with Crippen LogP contribution >= 0.6 is 0 Å². The molecular weight excluding hydrogens is 891 g/mol. The molecule has 0 amide bonds. The van der Waals surface area contributed by atoms with Crippen LogP contribution in [-0.2, 0) is 40.5 Å². The first-order valence-electron chi connectivity index (χ1n) is 18.5. The highest BCUT2D eigenvalue weighted by Gasteiger charge is 2.22. The molecular formula is C44H29N3O12S4. The van der Waals surface area contributed by atoms with Crippen LogP contribution in [0.2, 0.25) is 0 Å². The Balaban J connectivity index is 1.47. The van der Waals surface area contributed by atoms with Crippen LogP contribution in [-0.4, -0.2) is 66.8 Å². The summed E-state index contributed by atoms with van der Waals surface area (Å²) >= 11 is 0. The lowest BCUT2D eigenvalue weighted by atomic mass is 9.93. The molecule has 5 N–H and O–H groups in total. The third-order valence-electron chi connectivity index (χ3n) is 10.5. The second kappa shape index (κ2) is 15.0. The van der Waals surface area contributed by atoms with Gasteiger partial charge in [-0.2, -0.15) is 33.7 Å². The van der Waals surface area contributed by atoms with Gasteiger partial charge in [0.1, 0.15) is 0 Å². The largest absolute Gasteiger partial charge is 0.354 e. The maximum absolute atomic E-state index is 12.1. The third kappa shape index (κ3) is 7.88. The number of benzene rings is 4. The normalized spacial score (nSPS) is 13.1. The van der Waals surface area contributed by atoms with Crippen LogP contribution in [0.15, 0.2) is 141 Å². The summed E-state index contributed by atoms with van der Waals surface area (Å²) in [6.45, 7) is 0. The first-order chi connectivity index (χ1) is 29.7. The molecule has 4 heterocycles. The zero-order valence-electron chi connectivity index (χ0n) is 31.9. The fourth-order valence-corrected chi connectivity index (χ4v) is 9.51. The van der Waals surface area contributed by atoms with Crippen molar-refractivity contribution < 1.29 is 51.9 Å². The van der Waals surface area contributed by atoms with Crippen molar-refractivity contribution in [2.45, 2.75) is 19.6 Å². The number of H-pyrrole nitrogens is 1. The van der Waals surface area contributed by atoms with Crippen LogP contribution < -0.4 is 0 Å². The summed E-state index contributed by atoms with van der Waals surface area (Å²) in [5.74, 6) is 0. The Kier molecular flexibility index (Phi) is 9.92. The topological polar surface area (TPSA) is 259 Å². The standard InChI is InChI=1S/C44H29N3O12S4/c48-60(49,50)29-9-1-25(2-10-29)41-33-17-18-34(33)42(26-3-11-30(12-4-26)61(51,52)53)36-20-22-38(46-36)44(28-7-15-32(16-8-28)63(57,58)59)40-24-23-39(47-40)43(37-21-19-35(41)45-37)27-5-13-31(14-6-27)62(54,55)56/h1-24,47H,(H,48,49,50)(H,51,52,53)(H,54,55,56)(H,57,58,59). The van der Waals surface area contributed by atoms with Gasteiger partial charge in [0, 0.05) is 33.3 Å². The van der Waals surface area contributed by atoms with E-state index < -0.39 is 40.5 Å². The number of hydrogen-bond acceptors (Lipinski definition) is 10. The summed E-state index contributed by atoms with van der Waals surface area (Å²) in [6, 6.07) is 29.2. The van der Waals surface area contributed by atoms with Gasteiger partial charge in [0.05, 0.1) is 42.4 Å². The van der Waals surface area contributed by atoms with Crippen LogP contribution in [0.3, 0.4) is 0 Å². The highest BCUT2D eigenvalue weighted by Crippen LogP contribution is 2.39. The Hall–Kier alpha value is -6.68. The van der Waals surface area contributed by atoms with E-state index in [2.05, 4.69) is 4.98 Å². The molecule has 0 saturated carbocycles. The van der Waals surface area contributed by atoms with Crippen LogP contribution in [0.1, 0.15) is 22.8 Å². The van der Waals surface area contributed by atoms with Gasteiger partial charge in [0.2, 0.25) is 0 Å². The van der Waals surface area contributed by atoms with E-state index in [9.17, 15) is 51.9 Å². The van der Waals surface area contributed by atoms with Crippen molar-refractivity contribution in [2.24, 2.45) is 0 Å². The SMILES string of the molecule is O=S(=O)(O)c1ccc(-c2c3nc(c(-c4ccc(S(=O)(=O)O)cc4)c4ccc([nH]4)c(-c4ccc(S(=O)(=O)O)cc4)c4nc(c(-c5ccc(S(=O)(=O)O)cc5)c5ccc2=5)C=C4)C=C3)cc1. The molecule has 0 saturated heterocycles. The average Bonchev–Trinajstić information content (AvgIpc) is 4.01. The minimum Gasteiger partial charge on any atom is -0.354 e. The Labute approximate surface area is 359 Å². The fraction of sp³-hybridized carbons (Fsp3) is 0. The second-order valence-electron chi connectivity index (χ2n) is 14.4. The molecule has 4 aromatic carbocycles. The van der Waals surface area contributed by atoms with Gasteiger partial charge in [0.15, 0.2) is 0 Å². The maximum Gasteiger partial charge on any atom is 0.294 e. The van der Waals surface area contributed by atoms with E-state index in [1.807, 2.05) is 12.1 Å². The van der Waals surface area contributed by atoms with Gasteiger partial charge >= 0.3 is 0 Å². The second-order valence-corrected chi connectivity index (χ2v) is 20.1. The fourth-order valence-electron chi connectivity index (χ4n) is 7.59. The van der Waals surface area contributed by atoms with Gasteiger partial charge in [-0.05, 0) is 118 Å². The number of nitrogens with zero attached hydrogens (tertiary/aromatic N) is 2. The molecule has 4 aliphatic rings. The molecule has 0 spiro atoms. The smallest absolute Gasteiger partial charge is 0.294 e. The lowest BCUT2D eigenvalue weighted by Crippen LogP contribution is -1.99. The number of rotatable bonds is 8. The van der Waals surface area contributed by atoms with Gasteiger partial charge in [-0.25, -0.2) is 9.97 Å². The van der Waals surface area contributed by atoms with Gasteiger partial charge in [-0.1, -0.05) is 60.7 Å². The molecule has 316 valence electrons. The quantitative estimate of drug-likeness (QED) is 0.0905. The summed E-state index contributed by atoms with van der Waals surface area (Å²) in [7, 11) is -18.2.